The second-order valence-electron chi connectivity index (χ2n) is 2.99. The first kappa shape index (κ1) is 13.5. The lowest BCUT2D eigenvalue weighted by molar-refractivity contribution is 1.16. The first-order chi connectivity index (χ1) is 5.92. The molecule has 0 N–H and O–H groups in total. The van der Waals surface area contributed by atoms with Gasteiger partial charge >= 0.3 is 0 Å². The van der Waals surface area contributed by atoms with Gasteiger partial charge in [0.25, 0.3) is 0 Å². The molecule has 0 aliphatic rings. The highest BCUT2D eigenvalue weighted by molar-refractivity contribution is 14.0. The van der Waals surface area contributed by atoms with Crippen molar-refractivity contribution in [3.8, 4) is 0 Å². The zero-order valence-corrected chi connectivity index (χ0v) is 10.6. The summed E-state index contributed by atoms with van der Waals surface area (Å²) in [6.07, 6.45) is 1.11. The fraction of sp³-hybridized carbons (Fsp3) is 0.167. The first-order valence-electron chi connectivity index (χ1n) is 4.38. The van der Waals surface area contributed by atoms with Gasteiger partial charge in [0.1, 0.15) is 0 Å². The largest absolute Gasteiger partial charge is 0.107 e. The standard InChI is InChI=1S/C12H12.B.HI/c1-2-10-7-5-8-11-6-3-4-9-12(10)11;;/h3-9H,2H2,1H3;;1H. The number of fused-ring (bicyclic) bond motifs is 1. The predicted octanol–water partition coefficient (Wildman–Crippen LogP) is 3.64. The Morgan fingerprint density at radius 1 is 0.929 bits per heavy atom. The average molecular weight is 295 g/mol. The molecule has 2 heteroatoms. The highest BCUT2D eigenvalue weighted by atomic mass is 127. The molecule has 0 aromatic heterocycles. The summed E-state index contributed by atoms with van der Waals surface area (Å²) in [5, 5.41) is 2.74. The van der Waals surface area contributed by atoms with E-state index >= 15 is 0 Å². The second kappa shape index (κ2) is 6.07. The van der Waals surface area contributed by atoms with Crippen LogP contribution in [-0.2, 0) is 6.42 Å². The Morgan fingerprint density at radius 2 is 1.57 bits per heavy atom. The summed E-state index contributed by atoms with van der Waals surface area (Å²) in [4.78, 5) is 0. The molecule has 14 heavy (non-hydrogen) atoms. The van der Waals surface area contributed by atoms with Crippen molar-refractivity contribution in [2.75, 3.05) is 0 Å². The fourth-order valence-electron chi connectivity index (χ4n) is 1.60. The molecule has 2 aromatic carbocycles. The highest BCUT2D eigenvalue weighted by Gasteiger charge is 1.95. The van der Waals surface area contributed by atoms with Crippen LogP contribution in [-0.4, -0.2) is 8.41 Å². The van der Waals surface area contributed by atoms with E-state index in [1.807, 2.05) is 0 Å². The van der Waals surface area contributed by atoms with Crippen molar-refractivity contribution < 1.29 is 0 Å². The minimum absolute atomic E-state index is 0. The summed E-state index contributed by atoms with van der Waals surface area (Å²) >= 11 is 0. The molecule has 2 rings (SSSR count). The maximum absolute atomic E-state index is 2.20. The van der Waals surface area contributed by atoms with Gasteiger partial charge in [-0.2, -0.15) is 0 Å². The van der Waals surface area contributed by atoms with E-state index in [9.17, 15) is 0 Å². The molecule has 0 atom stereocenters. The third-order valence-corrected chi connectivity index (χ3v) is 2.26. The Kier molecular flexibility index (Phi) is 5.85. The van der Waals surface area contributed by atoms with Crippen molar-refractivity contribution >= 4 is 43.2 Å². The minimum Gasteiger partial charge on any atom is -0.107 e. The molecule has 0 aliphatic carbocycles. The van der Waals surface area contributed by atoms with Crippen molar-refractivity contribution in [1.82, 2.24) is 0 Å². The summed E-state index contributed by atoms with van der Waals surface area (Å²) in [7, 11) is 0. The number of rotatable bonds is 1. The lowest BCUT2D eigenvalue weighted by Gasteiger charge is -2.02. The lowest BCUT2D eigenvalue weighted by atomic mass is 10.0. The molecule has 0 bridgehead atoms. The minimum atomic E-state index is 0. The maximum Gasteiger partial charge on any atom is 0 e. The Labute approximate surface area is 104 Å². The van der Waals surface area contributed by atoms with Crippen molar-refractivity contribution in [2.45, 2.75) is 13.3 Å². The van der Waals surface area contributed by atoms with Gasteiger partial charge in [0, 0.05) is 8.41 Å². The van der Waals surface area contributed by atoms with Crippen LogP contribution in [0.1, 0.15) is 12.5 Å². The Balaban J connectivity index is 0.000000845. The van der Waals surface area contributed by atoms with Crippen molar-refractivity contribution in [2.24, 2.45) is 0 Å². The average Bonchev–Trinajstić information content (AvgIpc) is 2.17. The quantitative estimate of drug-likeness (QED) is 0.556. The Morgan fingerprint density at radius 3 is 2.29 bits per heavy atom. The molecule has 0 nitrogen and oxygen atoms in total. The van der Waals surface area contributed by atoms with Gasteiger partial charge in [-0.3, -0.25) is 0 Å². The number of hydrogen-bond acceptors (Lipinski definition) is 0. The van der Waals surface area contributed by atoms with Crippen LogP contribution in [0, 0.1) is 0 Å². The molecule has 0 amide bonds. The van der Waals surface area contributed by atoms with Gasteiger partial charge in [0.2, 0.25) is 0 Å². The van der Waals surface area contributed by atoms with Crippen LogP contribution in [0.15, 0.2) is 42.5 Å². The summed E-state index contributed by atoms with van der Waals surface area (Å²) in [5.74, 6) is 0. The van der Waals surface area contributed by atoms with Gasteiger partial charge in [-0.1, -0.05) is 49.4 Å². The second-order valence-corrected chi connectivity index (χ2v) is 2.99. The number of benzene rings is 2. The van der Waals surface area contributed by atoms with Crippen LogP contribution in [0.2, 0.25) is 0 Å². The van der Waals surface area contributed by atoms with Crippen LogP contribution >= 0.6 is 24.0 Å². The van der Waals surface area contributed by atoms with Gasteiger partial charge < -0.3 is 0 Å². The summed E-state index contributed by atoms with van der Waals surface area (Å²) in [6, 6.07) is 15.0. The lowest BCUT2D eigenvalue weighted by Crippen LogP contribution is -1.81. The first-order valence-corrected chi connectivity index (χ1v) is 4.38. The molecule has 0 aliphatic heterocycles. The summed E-state index contributed by atoms with van der Waals surface area (Å²) < 4.78 is 0. The molecular formula is C12H13BI. The smallest absolute Gasteiger partial charge is 0 e. The van der Waals surface area contributed by atoms with E-state index in [0.29, 0.717) is 0 Å². The highest BCUT2D eigenvalue weighted by Crippen LogP contribution is 2.18. The Hall–Kier alpha value is -0.505. The van der Waals surface area contributed by atoms with Gasteiger partial charge in [0.05, 0.1) is 0 Å². The monoisotopic (exact) mass is 295 g/mol. The van der Waals surface area contributed by atoms with E-state index in [0.717, 1.165) is 6.42 Å². The molecule has 0 unspecified atom stereocenters. The van der Waals surface area contributed by atoms with Gasteiger partial charge in [-0.25, -0.2) is 0 Å². The number of aryl methyl sites for hydroxylation is 1. The summed E-state index contributed by atoms with van der Waals surface area (Å²) in [5.41, 5.74) is 1.44. The third kappa shape index (κ3) is 2.50. The van der Waals surface area contributed by atoms with Gasteiger partial charge in [0.15, 0.2) is 0 Å². The van der Waals surface area contributed by atoms with Crippen molar-refractivity contribution in [3.63, 3.8) is 0 Å². The van der Waals surface area contributed by atoms with Crippen LogP contribution in [0.5, 0.6) is 0 Å². The molecule has 2 aromatic rings. The van der Waals surface area contributed by atoms with E-state index in [1.54, 1.807) is 0 Å². The van der Waals surface area contributed by atoms with Gasteiger partial charge in [-0.15, -0.1) is 24.0 Å². The summed E-state index contributed by atoms with van der Waals surface area (Å²) in [6.45, 7) is 2.20. The van der Waals surface area contributed by atoms with E-state index in [2.05, 4.69) is 49.4 Å². The van der Waals surface area contributed by atoms with Crippen LogP contribution < -0.4 is 0 Å². The van der Waals surface area contributed by atoms with E-state index < -0.39 is 0 Å². The Bertz CT molecular complexity index is 393. The van der Waals surface area contributed by atoms with E-state index in [-0.39, 0.29) is 32.4 Å². The molecule has 0 fully saturated rings. The van der Waals surface area contributed by atoms with E-state index in [4.69, 9.17) is 0 Å². The van der Waals surface area contributed by atoms with Crippen molar-refractivity contribution in [1.29, 1.82) is 0 Å². The van der Waals surface area contributed by atoms with Crippen LogP contribution in [0.3, 0.4) is 0 Å². The zero-order chi connectivity index (χ0) is 8.39. The molecular weight excluding hydrogens is 282 g/mol. The number of hydrogen-bond donors (Lipinski definition) is 0. The topological polar surface area (TPSA) is 0 Å². The zero-order valence-electron chi connectivity index (χ0n) is 8.23. The normalized spacial score (nSPS) is 8.93. The molecule has 71 valence electrons. The fourth-order valence-corrected chi connectivity index (χ4v) is 1.60. The molecule has 0 saturated heterocycles. The number of halogens is 1. The van der Waals surface area contributed by atoms with Crippen LogP contribution in [0.4, 0.5) is 0 Å². The third-order valence-electron chi connectivity index (χ3n) is 2.26. The van der Waals surface area contributed by atoms with Gasteiger partial charge in [-0.05, 0) is 22.8 Å². The maximum atomic E-state index is 2.20. The molecule has 0 spiro atoms. The molecule has 0 heterocycles. The van der Waals surface area contributed by atoms with E-state index in [1.165, 1.54) is 16.3 Å². The SMILES string of the molecule is CCc1cccc2ccccc12.I.[B]. The molecule has 3 radical (unpaired) electrons. The molecule has 0 saturated carbocycles. The predicted molar refractivity (Wildman–Crippen MR) is 74.5 cm³/mol. The van der Waals surface area contributed by atoms with Crippen LogP contribution in [0.25, 0.3) is 10.8 Å². The van der Waals surface area contributed by atoms with Crippen molar-refractivity contribution in [3.05, 3.63) is 48.0 Å².